The van der Waals surface area contributed by atoms with Gasteiger partial charge in [-0.3, -0.25) is 4.79 Å². The van der Waals surface area contributed by atoms with Gasteiger partial charge >= 0.3 is 12.2 Å². The van der Waals surface area contributed by atoms with Crippen molar-refractivity contribution in [3.63, 3.8) is 0 Å². The molecule has 1 aromatic heterocycles. The number of carbonyl (C=O) groups is 3. The predicted molar refractivity (Wildman–Crippen MR) is 154 cm³/mol. The highest BCUT2D eigenvalue weighted by Gasteiger charge is 2.33. The number of carboxylic acid groups (broad SMARTS) is 1. The van der Waals surface area contributed by atoms with Crippen LogP contribution < -0.4 is 10.6 Å². The highest BCUT2D eigenvalue weighted by molar-refractivity contribution is 5.91. The number of nitrogens with one attached hydrogen (secondary N) is 2. The third-order valence-corrected chi connectivity index (χ3v) is 7.97. The lowest BCUT2D eigenvalue weighted by atomic mass is 9.83. The van der Waals surface area contributed by atoms with Gasteiger partial charge in [0, 0.05) is 23.6 Å². The van der Waals surface area contributed by atoms with Crippen molar-refractivity contribution in [3.05, 3.63) is 66.2 Å². The number of nitrogens with zero attached hydrogens (tertiary/aromatic N) is 3. The zero-order chi connectivity index (χ0) is 29.0. The molecule has 0 spiro atoms. The first kappa shape index (κ1) is 28.1. The third-order valence-electron chi connectivity index (χ3n) is 7.97. The molecule has 2 fully saturated rings. The van der Waals surface area contributed by atoms with E-state index in [-0.39, 0.29) is 24.0 Å². The third kappa shape index (κ3) is 6.65. The second kappa shape index (κ2) is 12.0. The van der Waals surface area contributed by atoms with E-state index in [9.17, 15) is 14.4 Å². The van der Waals surface area contributed by atoms with E-state index in [1.165, 1.54) is 0 Å². The van der Waals surface area contributed by atoms with Crippen molar-refractivity contribution in [2.24, 2.45) is 5.92 Å². The molecule has 1 aliphatic heterocycles. The van der Waals surface area contributed by atoms with Crippen molar-refractivity contribution in [1.29, 1.82) is 0 Å². The Morgan fingerprint density at radius 1 is 1.00 bits per heavy atom. The molecule has 0 atom stereocenters. The van der Waals surface area contributed by atoms with E-state index in [2.05, 4.69) is 20.8 Å². The van der Waals surface area contributed by atoms with Gasteiger partial charge in [-0.2, -0.15) is 0 Å². The lowest BCUT2D eigenvalue weighted by Crippen LogP contribution is -2.39. The van der Waals surface area contributed by atoms with Gasteiger partial charge in [-0.15, -0.1) is 10.2 Å². The van der Waals surface area contributed by atoms with Gasteiger partial charge in [0.25, 0.3) is 0 Å². The fraction of sp³-hybridized carbons (Fsp3) is 0.387. The van der Waals surface area contributed by atoms with Crippen LogP contribution in [0.4, 0.5) is 15.4 Å². The molecule has 1 aliphatic carbocycles. The van der Waals surface area contributed by atoms with Crippen molar-refractivity contribution in [1.82, 2.24) is 20.4 Å². The Morgan fingerprint density at radius 3 is 2.34 bits per heavy atom. The minimum Gasteiger partial charge on any atom is -0.465 e. The minimum atomic E-state index is -1.09. The Hall–Kier alpha value is -4.47. The van der Waals surface area contributed by atoms with E-state index >= 15 is 0 Å². The highest BCUT2D eigenvalue weighted by Crippen LogP contribution is 2.34. The molecule has 0 bridgehead atoms. The van der Waals surface area contributed by atoms with Crippen molar-refractivity contribution >= 4 is 23.9 Å². The quantitative estimate of drug-likeness (QED) is 0.326. The van der Waals surface area contributed by atoms with E-state index in [0.717, 1.165) is 47.9 Å². The van der Waals surface area contributed by atoms with Gasteiger partial charge in [-0.1, -0.05) is 54.6 Å². The SMILES string of the molecule is CC(C)(NC(=O)O)c1ccc(-c2nnc(NC(=O)C[C@H]3CC[C@H](N4CCOC4=O)CC3)cc2-c2ccccc2)cc1. The van der Waals surface area contributed by atoms with Crippen molar-refractivity contribution in [2.75, 3.05) is 18.5 Å². The van der Waals surface area contributed by atoms with Crippen molar-refractivity contribution in [3.8, 4) is 22.4 Å². The summed E-state index contributed by atoms with van der Waals surface area (Å²) in [6.45, 7) is 4.71. The molecule has 0 radical (unpaired) electrons. The summed E-state index contributed by atoms with van der Waals surface area (Å²) < 4.78 is 5.07. The molecule has 2 aliphatic rings. The summed E-state index contributed by atoms with van der Waals surface area (Å²) >= 11 is 0. The number of cyclic esters (lactones) is 1. The van der Waals surface area contributed by atoms with Crippen LogP contribution in [0.3, 0.4) is 0 Å². The monoisotopic (exact) mass is 557 g/mol. The Kier molecular flexibility index (Phi) is 8.19. The van der Waals surface area contributed by atoms with E-state index in [1.54, 1.807) is 13.8 Å². The van der Waals surface area contributed by atoms with Crippen molar-refractivity contribution in [2.45, 2.75) is 57.5 Å². The highest BCUT2D eigenvalue weighted by atomic mass is 16.6. The molecule has 3 N–H and O–H groups in total. The average molecular weight is 558 g/mol. The summed E-state index contributed by atoms with van der Waals surface area (Å²) in [6.07, 6.45) is 2.60. The topological polar surface area (TPSA) is 134 Å². The Labute approximate surface area is 239 Å². The molecule has 3 aromatic rings. The van der Waals surface area contributed by atoms with Gasteiger partial charge in [0.15, 0.2) is 5.82 Å². The van der Waals surface area contributed by atoms with Crippen LogP contribution >= 0.6 is 0 Å². The number of hydrogen-bond donors (Lipinski definition) is 3. The van der Waals surface area contributed by atoms with Crippen LogP contribution in [0.1, 0.15) is 51.5 Å². The molecule has 0 unspecified atom stereocenters. The van der Waals surface area contributed by atoms with E-state index in [0.29, 0.717) is 31.1 Å². The molecule has 214 valence electrons. The number of ether oxygens (including phenoxy) is 1. The maximum absolute atomic E-state index is 13.0. The molecule has 10 nitrogen and oxygen atoms in total. The van der Waals surface area contributed by atoms with Crippen LogP contribution in [0.25, 0.3) is 22.4 Å². The number of rotatable bonds is 8. The van der Waals surface area contributed by atoms with Gasteiger partial charge in [0.05, 0.1) is 12.1 Å². The minimum absolute atomic E-state index is 0.104. The number of benzene rings is 2. The molecule has 3 amide bonds. The predicted octanol–water partition coefficient (Wildman–Crippen LogP) is 5.65. The standard InChI is InChI=1S/C31H35N5O5/c1-31(2,33-29(38)39)23-12-10-22(11-13-23)28-25(21-6-4-3-5-7-21)19-26(34-35-28)32-27(37)18-20-8-14-24(15-9-20)36-16-17-41-30(36)40/h3-7,10-13,19-20,24,33H,8-9,14-18H2,1-2H3,(H,38,39)(H,32,34,37)/t20-,24-. The second-order valence-electron chi connectivity index (χ2n) is 11.2. The van der Waals surface area contributed by atoms with E-state index in [4.69, 9.17) is 9.84 Å². The van der Waals surface area contributed by atoms with Crippen LogP contribution in [0.5, 0.6) is 0 Å². The molecule has 10 heteroatoms. The first-order valence-electron chi connectivity index (χ1n) is 14.0. The Balaban J connectivity index is 1.29. The molecule has 1 saturated heterocycles. The van der Waals surface area contributed by atoms with E-state index in [1.807, 2.05) is 65.6 Å². The van der Waals surface area contributed by atoms with Crippen molar-refractivity contribution < 1.29 is 24.2 Å². The summed E-state index contributed by atoms with van der Waals surface area (Å²) in [6, 6.07) is 19.4. The van der Waals surface area contributed by atoms with Crippen LogP contribution in [-0.2, 0) is 15.1 Å². The van der Waals surface area contributed by atoms with E-state index < -0.39 is 11.6 Å². The normalized spacial score (nSPS) is 19.0. The molecular formula is C31H35N5O5. The summed E-state index contributed by atoms with van der Waals surface area (Å²) in [5, 5.41) is 23.5. The number of hydrogen-bond acceptors (Lipinski definition) is 6. The van der Waals surface area contributed by atoms with Crippen LogP contribution in [0.15, 0.2) is 60.7 Å². The smallest absolute Gasteiger partial charge is 0.410 e. The number of amides is 3. The zero-order valence-electron chi connectivity index (χ0n) is 23.3. The largest absolute Gasteiger partial charge is 0.465 e. The lowest BCUT2D eigenvalue weighted by Gasteiger charge is -2.32. The number of anilines is 1. The lowest BCUT2D eigenvalue weighted by molar-refractivity contribution is -0.117. The van der Waals surface area contributed by atoms with Crippen LogP contribution in [-0.4, -0.2) is 57.5 Å². The first-order chi connectivity index (χ1) is 19.7. The molecule has 2 heterocycles. The zero-order valence-corrected chi connectivity index (χ0v) is 23.3. The average Bonchev–Trinajstić information content (AvgIpc) is 3.39. The summed E-state index contributed by atoms with van der Waals surface area (Å²) in [5.41, 5.74) is 3.29. The maximum atomic E-state index is 13.0. The molecule has 1 saturated carbocycles. The summed E-state index contributed by atoms with van der Waals surface area (Å²) in [4.78, 5) is 37.9. The molecule has 2 aromatic carbocycles. The second-order valence-corrected chi connectivity index (χ2v) is 11.2. The Bertz CT molecular complexity index is 1400. The molecule has 5 rings (SSSR count). The van der Waals surface area contributed by atoms with Crippen LogP contribution in [0.2, 0.25) is 0 Å². The fourth-order valence-corrected chi connectivity index (χ4v) is 5.74. The summed E-state index contributed by atoms with van der Waals surface area (Å²) in [5.74, 6) is 0.534. The van der Waals surface area contributed by atoms with Crippen LogP contribution in [0, 0.1) is 5.92 Å². The van der Waals surface area contributed by atoms with Gasteiger partial charge in [-0.25, -0.2) is 9.59 Å². The Morgan fingerprint density at radius 2 is 1.71 bits per heavy atom. The summed E-state index contributed by atoms with van der Waals surface area (Å²) in [7, 11) is 0. The van der Waals surface area contributed by atoms with Gasteiger partial charge in [0.2, 0.25) is 5.91 Å². The fourth-order valence-electron chi connectivity index (χ4n) is 5.74. The van der Waals surface area contributed by atoms with Gasteiger partial charge < -0.3 is 25.4 Å². The van der Waals surface area contributed by atoms with Gasteiger partial charge in [0.1, 0.15) is 12.3 Å². The molecular weight excluding hydrogens is 522 g/mol. The molecule has 41 heavy (non-hydrogen) atoms. The number of carbonyl (C=O) groups excluding carboxylic acids is 2. The maximum Gasteiger partial charge on any atom is 0.410 e. The van der Waals surface area contributed by atoms with Gasteiger partial charge in [-0.05, 0) is 62.6 Å². The number of aromatic nitrogens is 2. The first-order valence-corrected chi connectivity index (χ1v) is 14.0.